The number of ether oxygens (including phenoxy) is 1. The molecule has 3 aromatic carbocycles. The summed E-state index contributed by atoms with van der Waals surface area (Å²) in [6, 6.07) is 24.2. The first-order chi connectivity index (χ1) is 16.7. The molecule has 3 N–H and O–H groups in total. The van der Waals surface area contributed by atoms with Crippen molar-refractivity contribution in [3.63, 3.8) is 0 Å². The number of amides is 1. The van der Waals surface area contributed by atoms with Gasteiger partial charge >= 0.3 is 0 Å². The standard InChI is InChI=1S/C27H25N3O4/c31-16-6-15-30-26(19-11-13-20(14-12-19)34-17-18-7-2-1-3-8-18)23-24(28-29-25(23)27(30)33)21-9-4-5-10-22(21)32/h1-5,7-14,26,31-32H,6,15-17H2,(H,28,29). The number of aliphatic hydroxyl groups excluding tert-OH is 1. The Kier molecular flexibility index (Phi) is 6.01. The highest BCUT2D eigenvalue weighted by Crippen LogP contribution is 2.44. The van der Waals surface area contributed by atoms with Crippen LogP contribution in [0.15, 0.2) is 78.9 Å². The van der Waals surface area contributed by atoms with Gasteiger partial charge in [-0.15, -0.1) is 0 Å². The lowest BCUT2D eigenvalue weighted by Crippen LogP contribution is -2.31. The molecule has 0 fully saturated rings. The first-order valence-electron chi connectivity index (χ1n) is 11.2. The number of aromatic hydroxyl groups is 1. The van der Waals surface area contributed by atoms with Crippen LogP contribution in [-0.4, -0.2) is 44.4 Å². The minimum Gasteiger partial charge on any atom is -0.507 e. The third-order valence-electron chi connectivity index (χ3n) is 6.02. The van der Waals surface area contributed by atoms with Crippen molar-refractivity contribution in [2.75, 3.05) is 13.2 Å². The molecule has 0 radical (unpaired) electrons. The maximum absolute atomic E-state index is 13.2. The minimum atomic E-state index is -0.398. The van der Waals surface area contributed by atoms with E-state index in [0.29, 0.717) is 36.5 Å². The number of rotatable bonds is 8. The number of H-pyrrole nitrogens is 1. The zero-order chi connectivity index (χ0) is 23.5. The summed E-state index contributed by atoms with van der Waals surface area (Å²) in [6.07, 6.45) is 0.462. The number of carbonyl (C=O) groups is 1. The number of carbonyl (C=O) groups excluding carboxylic acids is 1. The fraction of sp³-hybridized carbons (Fsp3) is 0.185. The molecule has 7 heteroatoms. The Morgan fingerprint density at radius 3 is 2.44 bits per heavy atom. The molecule has 1 amide bonds. The highest BCUT2D eigenvalue weighted by Gasteiger charge is 2.42. The molecule has 5 rings (SSSR count). The quantitative estimate of drug-likeness (QED) is 0.368. The Bertz CT molecular complexity index is 1280. The molecule has 7 nitrogen and oxygen atoms in total. The molecule has 0 saturated carbocycles. The van der Waals surface area contributed by atoms with Gasteiger partial charge in [0.15, 0.2) is 0 Å². The van der Waals surface area contributed by atoms with Crippen LogP contribution in [0.2, 0.25) is 0 Å². The van der Waals surface area contributed by atoms with Crippen LogP contribution in [0.25, 0.3) is 11.3 Å². The van der Waals surface area contributed by atoms with E-state index in [2.05, 4.69) is 10.2 Å². The molecule has 1 aliphatic rings. The summed E-state index contributed by atoms with van der Waals surface area (Å²) in [6.45, 7) is 0.851. The van der Waals surface area contributed by atoms with Crippen molar-refractivity contribution < 1.29 is 19.7 Å². The number of aliphatic hydroxyl groups is 1. The van der Waals surface area contributed by atoms with Gasteiger partial charge < -0.3 is 19.8 Å². The largest absolute Gasteiger partial charge is 0.507 e. The SMILES string of the molecule is O=C1c2[nH]nc(-c3ccccc3O)c2C(c2ccc(OCc3ccccc3)cc2)N1CCCO. The number of fused-ring (bicyclic) bond motifs is 1. The normalized spacial score (nSPS) is 14.9. The molecule has 1 aromatic heterocycles. The zero-order valence-electron chi connectivity index (χ0n) is 18.5. The summed E-state index contributed by atoms with van der Waals surface area (Å²) in [5.74, 6) is 0.653. The predicted molar refractivity (Wildman–Crippen MR) is 127 cm³/mol. The van der Waals surface area contributed by atoms with Crippen LogP contribution < -0.4 is 4.74 Å². The van der Waals surface area contributed by atoms with E-state index in [-0.39, 0.29) is 18.3 Å². The van der Waals surface area contributed by atoms with Crippen molar-refractivity contribution in [2.24, 2.45) is 0 Å². The third kappa shape index (κ3) is 4.02. The van der Waals surface area contributed by atoms with Crippen molar-refractivity contribution in [1.29, 1.82) is 0 Å². The van der Waals surface area contributed by atoms with Gasteiger partial charge in [0.1, 0.15) is 29.5 Å². The Morgan fingerprint density at radius 1 is 0.971 bits per heavy atom. The van der Waals surface area contributed by atoms with Crippen molar-refractivity contribution in [3.05, 3.63) is 101 Å². The van der Waals surface area contributed by atoms with E-state index in [1.807, 2.05) is 60.7 Å². The van der Waals surface area contributed by atoms with Crippen LogP contribution in [0.1, 0.15) is 39.6 Å². The predicted octanol–water partition coefficient (Wildman–Crippen LogP) is 4.29. The Balaban J connectivity index is 1.48. The molecule has 2 heterocycles. The Morgan fingerprint density at radius 2 is 1.71 bits per heavy atom. The van der Waals surface area contributed by atoms with E-state index in [1.54, 1.807) is 23.1 Å². The van der Waals surface area contributed by atoms with Gasteiger partial charge in [0, 0.05) is 24.3 Å². The third-order valence-corrected chi connectivity index (χ3v) is 6.02. The van der Waals surface area contributed by atoms with E-state index < -0.39 is 6.04 Å². The molecule has 0 spiro atoms. The molecule has 4 aromatic rings. The lowest BCUT2D eigenvalue weighted by molar-refractivity contribution is 0.0732. The van der Waals surface area contributed by atoms with E-state index in [9.17, 15) is 15.0 Å². The number of benzene rings is 3. The number of hydrogen-bond donors (Lipinski definition) is 3. The topological polar surface area (TPSA) is 98.7 Å². The first-order valence-corrected chi connectivity index (χ1v) is 11.2. The van der Waals surface area contributed by atoms with Gasteiger partial charge in [-0.2, -0.15) is 5.10 Å². The van der Waals surface area contributed by atoms with Gasteiger partial charge in [0.25, 0.3) is 5.91 Å². The van der Waals surface area contributed by atoms with E-state index in [0.717, 1.165) is 22.4 Å². The summed E-state index contributed by atoms with van der Waals surface area (Å²) in [4.78, 5) is 15.0. The van der Waals surface area contributed by atoms with Gasteiger partial charge in [-0.1, -0.05) is 54.6 Å². The highest BCUT2D eigenvalue weighted by atomic mass is 16.5. The molecule has 1 unspecified atom stereocenters. The maximum atomic E-state index is 13.2. The smallest absolute Gasteiger partial charge is 0.273 e. The second-order valence-corrected chi connectivity index (χ2v) is 8.20. The summed E-state index contributed by atoms with van der Waals surface area (Å²) in [7, 11) is 0. The van der Waals surface area contributed by atoms with Crippen LogP contribution in [0, 0.1) is 0 Å². The number of nitrogens with zero attached hydrogens (tertiary/aromatic N) is 2. The number of nitrogens with one attached hydrogen (secondary N) is 1. The molecule has 1 atom stereocenters. The number of aromatic amines is 1. The van der Waals surface area contributed by atoms with Crippen molar-refractivity contribution in [3.8, 4) is 22.8 Å². The summed E-state index contributed by atoms with van der Waals surface area (Å²) < 4.78 is 5.92. The molecule has 0 saturated heterocycles. The van der Waals surface area contributed by atoms with Gasteiger partial charge in [-0.05, 0) is 41.8 Å². The molecular weight excluding hydrogens is 430 g/mol. The monoisotopic (exact) mass is 455 g/mol. The number of para-hydroxylation sites is 1. The summed E-state index contributed by atoms with van der Waals surface area (Å²) in [5, 5.41) is 27.1. The highest BCUT2D eigenvalue weighted by molar-refractivity contribution is 6.00. The number of aromatic nitrogens is 2. The van der Waals surface area contributed by atoms with Crippen molar-refractivity contribution in [2.45, 2.75) is 19.1 Å². The molecule has 0 bridgehead atoms. The second-order valence-electron chi connectivity index (χ2n) is 8.20. The lowest BCUT2D eigenvalue weighted by atomic mass is 9.95. The van der Waals surface area contributed by atoms with Crippen molar-refractivity contribution >= 4 is 5.91 Å². The van der Waals surface area contributed by atoms with E-state index >= 15 is 0 Å². The Hall–Kier alpha value is -4.10. The fourth-order valence-electron chi connectivity index (χ4n) is 4.38. The van der Waals surface area contributed by atoms with Gasteiger partial charge in [-0.25, -0.2) is 0 Å². The number of phenols is 1. The zero-order valence-corrected chi connectivity index (χ0v) is 18.5. The lowest BCUT2D eigenvalue weighted by Gasteiger charge is -2.26. The van der Waals surface area contributed by atoms with Gasteiger partial charge in [0.2, 0.25) is 0 Å². The first kappa shape index (κ1) is 21.7. The molecular formula is C27H25N3O4. The van der Waals surface area contributed by atoms with Crippen molar-refractivity contribution in [1.82, 2.24) is 15.1 Å². The number of phenolic OH excluding ortho intramolecular Hbond substituents is 1. The van der Waals surface area contributed by atoms with E-state index in [4.69, 9.17) is 4.74 Å². The average molecular weight is 456 g/mol. The summed E-state index contributed by atoms with van der Waals surface area (Å²) >= 11 is 0. The molecule has 172 valence electrons. The van der Waals surface area contributed by atoms with E-state index in [1.165, 1.54) is 0 Å². The maximum Gasteiger partial charge on any atom is 0.273 e. The minimum absolute atomic E-state index is 0.0126. The molecule has 34 heavy (non-hydrogen) atoms. The van der Waals surface area contributed by atoms with Crippen LogP contribution in [0.4, 0.5) is 0 Å². The van der Waals surface area contributed by atoms with Gasteiger partial charge in [-0.3, -0.25) is 9.89 Å². The van der Waals surface area contributed by atoms with Crippen LogP contribution in [0.5, 0.6) is 11.5 Å². The molecule has 0 aliphatic carbocycles. The Labute approximate surface area is 197 Å². The second kappa shape index (κ2) is 9.41. The van der Waals surface area contributed by atoms with Gasteiger partial charge in [0.05, 0.1) is 6.04 Å². The summed E-state index contributed by atoms with van der Waals surface area (Å²) in [5.41, 5.74) is 4.22. The van der Waals surface area contributed by atoms with Crippen LogP contribution >= 0.6 is 0 Å². The van der Waals surface area contributed by atoms with Crippen LogP contribution in [-0.2, 0) is 6.61 Å². The number of hydrogen-bond acceptors (Lipinski definition) is 5. The van der Waals surface area contributed by atoms with Crippen LogP contribution in [0.3, 0.4) is 0 Å². The fourth-order valence-corrected chi connectivity index (χ4v) is 4.38. The average Bonchev–Trinajstić information content (AvgIpc) is 3.41. The molecule has 1 aliphatic heterocycles.